The van der Waals surface area contributed by atoms with Crippen molar-refractivity contribution < 1.29 is 5.11 Å². The van der Waals surface area contributed by atoms with Crippen molar-refractivity contribution in [2.45, 2.75) is 32.9 Å². The van der Waals surface area contributed by atoms with Crippen molar-refractivity contribution in [3.63, 3.8) is 0 Å². The van der Waals surface area contributed by atoms with E-state index in [4.69, 9.17) is 0 Å². The second-order valence-corrected chi connectivity index (χ2v) is 5.67. The first kappa shape index (κ1) is 14.5. The van der Waals surface area contributed by atoms with E-state index in [-0.39, 0.29) is 0 Å². The SMILES string of the molecule is CSCC(C)(O)CNCc1c(C)nn(C)c1C. The van der Waals surface area contributed by atoms with Crippen LogP contribution in [0.3, 0.4) is 0 Å². The molecule has 0 amide bonds. The Morgan fingerprint density at radius 2 is 2.12 bits per heavy atom. The molecule has 4 nitrogen and oxygen atoms in total. The van der Waals surface area contributed by atoms with Gasteiger partial charge in [0.05, 0.1) is 11.3 Å². The summed E-state index contributed by atoms with van der Waals surface area (Å²) in [5.41, 5.74) is 2.82. The number of hydrogen-bond donors (Lipinski definition) is 2. The molecule has 1 atom stereocenters. The van der Waals surface area contributed by atoms with Gasteiger partial charge in [0.15, 0.2) is 0 Å². The first-order chi connectivity index (χ1) is 7.87. The number of nitrogens with one attached hydrogen (secondary N) is 1. The van der Waals surface area contributed by atoms with E-state index in [0.717, 1.165) is 18.0 Å². The van der Waals surface area contributed by atoms with Gasteiger partial charge in [0.25, 0.3) is 0 Å². The zero-order chi connectivity index (χ0) is 13.1. The monoisotopic (exact) mass is 257 g/mol. The molecule has 0 spiro atoms. The van der Waals surface area contributed by atoms with Gasteiger partial charge in [0, 0.05) is 37.1 Å². The van der Waals surface area contributed by atoms with Gasteiger partial charge in [-0.25, -0.2) is 0 Å². The van der Waals surface area contributed by atoms with Crippen LogP contribution in [-0.4, -0.2) is 39.0 Å². The molecule has 0 radical (unpaired) electrons. The highest BCUT2D eigenvalue weighted by Crippen LogP contribution is 2.13. The fourth-order valence-electron chi connectivity index (χ4n) is 1.89. The van der Waals surface area contributed by atoms with E-state index in [2.05, 4.69) is 17.3 Å². The zero-order valence-electron chi connectivity index (χ0n) is 11.4. The second-order valence-electron chi connectivity index (χ2n) is 4.81. The van der Waals surface area contributed by atoms with Gasteiger partial charge in [-0.1, -0.05) is 0 Å². The lowest BCUT2D eigenvalue weighted by Crippen LogP contribution is -2.39. The summed E-state index contributed by atoms with van der Waals surface area (Å²) in [7, 11) is 1.95. The highest BCUT2D eigenvalue weighted by Gasteiger charge is 2.19. The van der Waals surface area contributed by atoms with Crippen molar-refractivity contribution in [3.05, 3.63) is 17.0 Å². The van der Waals surface area contributed by atoms with Gasteiger partial charge in [0.2, 0.25) is 0 Å². The van der Waals surface area contributed by atoms with Crippen LogP contribution in [0.2, 0.25) is 0 Å². The molecule has 1 rings (SSSR count). The summed E-state index contributed by atoms with van der Waals surface area (Å²) in [6.07, 6.45) is 2.00. The topological polar surface area (TPSA) is 50.1 Å². The smallest absolute Gasteiger partial charge is 0.0833 e. The lowest BCUT2D eigenvalue weighted by atomic mass is 10.1. The standard InChI is InChI=1S/C12H23N3OS/c1-9-11(10(2)15(4)14-9)6-13-7-12(3,16)8-17-5/h13,16H,6-8H2,1-5H3. The van der Waals surface area contributed by atoms with Crippen molar-refractivity contribution in [2.24, 2.45) is 7.05 Å². The third-order valence-electron chi connectivity index (χ3n) is 2.92. The van der Waals surface area contributed by atoms with Gasteiger partial charge < -0.3 is 10.4 Å². The molecule has 1 heterocycles. The summed E-state index contributed by atoms with van der Waals surface area (Å²) in [5, 5.41) is 17.7. The first-order valence-corrected chi connectivity index (χ1v) is 7.18. The lowest BCUT2D eigenvalue weighted by molar-refractivity contribution is 0.0845. The summed E-state index contributed by atoms with van der Waals surface area (Å²) in [4.78, 5) is 0. The molecule has 0 saturated heterocycles. The molecule has 0 aromatic carbocycles. The molecular formula is C12H23N3OS. The number of hydrogen-bond acceptors (Lipinski definition) is 4. The lowest BCUT2D eigenvalue weighted by Gasteiger charge is -2.22. The first-order valence-electron chi connectivity index (χ1n) is 5.78. The molecule has 1 unspecified atom stereocenters. The average Bonchev–Trinajstić information content (AvgIpc) is 2.44. The molecule has 0 aliphatic carbocycles. The van der Waals surface area contributed by atoms with Gasteiger partial charge in [-0.3, -0.25) is 4.68 Å². The van der Waals surface area contributed by atoms with Crippen LogP contribution in [0.25, 0.3) is 0 Å². The molecular weight excluding hydrogens is 234 g/mol. The number of nitrogens with zero attached hydrogens (tertiary/aromatic N) is 2. The van der Waals surface area contributed by atoms with E-state index in [9.17, 15) is 5.11 Å². The predicted molar refractivity (Wildman–Crippen MR) is 73.4 cm³/mol. The second kappa shape index (κ2) is 5.89. The van der Waals surface area contributed by atoms with E-state index in [1.807, 2.05) is 31.8 Å². The van der Waals surface area contributed by atoms with E-state index in [1.165, 1.54) is 11.3 Å². The molecule has 98 valence electrons. The van der Waals surface area contributed by atoms with Crippen LogP contribution >= 0.6 is 11.8 Å². The Balaban J connectivity index is 2.51. The Labute approximate surface area is 108 Å². The molecule has 1 aromatic rings. The fourth-order valence-corrected chi connectivity index (χ4v) is 2.62. The fraction of sp³-hybridized carbons (Fsp3) is 0.750. The number of rotatable bonds is 6. The van der Waals surface area contributed by atoms with Gasteiger partial charge in [-0.05, 0) is 27.0 Å². The summed E-state index contributed by atoms with van der Waals surface area (Å²) in [6, 6.07) is 0. The third-order valence-corrected chi connectivity index (χ3v) is 3.83. The van der Waals surface area contributed by atoms with Crippen molar-refractivity contribution >= 4 is 11.8 Å². The Morgan fingerprint density at radius 1 is 1.47 bits per heavy atom. The van der Waals surface area contributed by atoms with Crippen molar-refractivity contribution in [1.82, 2.24) is 15.1 Å². The molecule has 0 aliphatic rings. The Kier molecular flexibility index (Phi) is 5.04. The largest absolute Gasteiger partial charge is 0.388 e. The van der Waals surface area contributed by atoms with Crippen molar-refractivity contribution in [1.29, 1.82) is 0 Å². The number of aromatic nitrogens is 2. The van der Waals surface area contributed by atoms with E-state index in [1.54, 1.807) is 11.8 Å². The summed E-state index contributed by atoms with van der Waals surface area (Å²) >= 11 is 1.66. The molecule has 0 bridgehead atoms. The quantitative estimate of drug-likeness (QED) is 0.805. The van der Waals surface area contributed by atoms with Gasteiger partial charge in [-0.2, -0.15) is 16.9 Å². The normalized spacial score (nSPS) is 14.9. The summed E-state index contributed by atoms with van der Waals surface area (Å²) in [6.45, 7) is 7.30. The van der Waals surface area contributed by atoms with Crippen molar-refractivity contribution in [2.75, 3.05) is 18.6 Å². The maximum absolute atomic E-state index is 10.0. The molecule has 2 N–H and O–H groups in total. The van der Waals surface area contributed by atoms with Gasteiger partial charge >= 0.3 is 0 Å². The molecule has 1 aromatic heterocycles. The van der Waals surface area contributed by atoms with Crippen LogP contribution < -0.4 is 5.32 Å². The predicted octanol–water partition coefficient (Wildman–Crippen LogP) is 1.24. The minimum Gasteiger partial charge on any atom is -0.388 e. The number of thioether (sulfide) groups is 1. The van der Waals surface area contributed by atoms with Crippen LogP contribution in [0.1, 0.15) is 23.9 Å². The van der Waals surface area contributed by atoms with E-state index < -0.39 is 5.60 Å². The number of aliphatic hydroxyl groups is 1. The Bertz CT molecular complexity index is 374. The Morgan fingerprint density at radius 3 is 2.59 bits per heavy atom. The van der Waals surface area contributed by atoms with Crippen molar-refractivity contribution in [3.8, 4) is 0 Å². The molecule has 17 heavy (non-hydrogen) atoms. The highest BCUT2D eigenvalue weighted by atomic mass is 32.2. The van der Waals surface area contributed by atoms with E-state index in [0.29, 0.717) is 6.54 Å². The molecule has 0 saturated carbocycles. The number of aryl methyl sites for hydroxylation is 2. The highest BCUT2D eigenvalue weighted by molar-refractivity contribution is 7.98. The maximum Gasteiger partial charge on any atom is 0.0833 e. The minimum atomic E-state index is -0.649. The third kappa shape index (κ3) is 4.01. The molecule has 5 heteroatoms. The minimum absolute atomic E-state index is 0.599. The summed E-state index contributed by atoms with van der Waals surface area (Å²) < 4.78 is 1.90. The van der Waals surface area contributed by atoms with Crippen LogP contribution in [0.15, 0.2) is 0 Å². The zero-order valence-corrected chi connectivity index (χ0v) is 12.2. The van der Waals surface area contributed by atoms with Crippen LogP contribution in [0.5, 0.6) is 0 Å². The average molecular weight is 257 g/mol. The maximum atomic E-state index is 10.0. The van der Waals surface area contributed by atoms with Crippen LogP contribution in [-0.2, 0) is 13.6 Å². The van der Waals surface area contributed by atoms with E-state index >= 15 is 0 Å². The van der Waals surface area contributed by atoms with Crippen LogP contribution in [0, 0.1) is 13.8 Å². The van der Waals surface area contributed by atoms with Crippen LogP contribution in [0.4, 0.5) is 0 Å². The summed E-state index contributed by atoms with van der Waals surface area (Å²) in [5.74, 6) is 0.741. The van der Waals surface area contributed by atoms with Gasteiger partial charge in [-0.15, -0.1) is 0 Å². The molecule has 0 fully saturated rings. The van der Waals surface area contributed by atoms with Gasteiger partial charge in [0.1, 0.15) is 0 Å². The Hall–Kier alpha value is -0.520. The molecule has 0 aliphatic heterocycles.